The molecule has 1 aliphatic rings. The van der Waals surface area contributed by atoms with Gasteiger partial charge in [0.25, 0.3) is 0 Å². The molecule has 0 saturated carbocycles. The maximum atomic E-state index is 11.5. The molecule has 0 aromatic heterocycles. The molecule has 1 unspecified atom stereocenters. The average molecular weight is 217 g/mol. The normalized spacial score (nSPS) is 24.0. The van der Waals surface area contributed by atoms with Gasteiger partial charge in [0.2, 0.25) is 5.91 Å². The van der Waals surface area contributed by atoms with E-state index >= 15 is 0 Å². The SMILES string of the molecule is CC[C@@H](C(=O)O)N1CC(CS)CC1=O. The number of thiol groups is 1. The predicted molar refractivity (Wildman–Crippen MR) is 55.4 cm³/mol. The average Bonchev–Trinajstić information content (AvgIpc) is 2.48. The molecule has 80 valence electrons. The summed E-state index contributed by atoms with van der Waals surface area (Å²) < 4.78 is 0. The van der Waals surface area contributed by atoms with E-state index in [0.29, 0.717) is 25.1 Å². The Balaban J connectivity index is 2.68. The van der Waals surface area contributed by atoms with E-state index in [2.05, 4.69) is 12.6 Å². The summed E-state index contributed by atoms with van der Waals surface area (Å²) in [5, 5.41) is 8.90. The third-order valence-corrected chi connectivity index (χ3v) is 3.06. The molecule has 1 aliphatic heterocycles. The van der Waals surface area contributed by atoms with Crippen molar-refractivity contribution < 1.29 is 14.7 Å². The summed E-state index contributed by atoms with van der Waals surface area (Å²) in [6, 6.07) is -0.660. The minimum Gasteiger partial charge on any atom is -0.480 e. The molecule has 0 aromatic rings. The van der Waals surface area contributed by atoms with Gasteiger partial charge in [0, 0.05) is 13.0 Å². The van der Waals surface area contributed by atoms with Crippen molar-refractivity contribution in [2.24, 2.45) is 5.92 Å². The first-order valence-electron chi connectivity index (χ1n) is 4.73. The van der Waals surface area contributed by atoms with Crippen molar-refractivity contribution in [1.82, 2.24) is 4.90 Å². The van der Waals surface area contributed by atoms with Crippen molar-refractivity contribution in [2.45, 2.75) is 25.8 Å². The van der Waals surface area contributed by atoms with Crippen LogP contribution in [-0.2, 0) is 9.59 Å². The second kappa shape index (κ2) is 4.68. The van der Waals surface area contributed by atoms with Crippen molar-refractivity contribution in [3.05, 3.63) is 0 Å². The number of hydrogen-bond acceptors (Lipinski definition) is 3. The fourth-order valence-corrected chi connectivity index (χ4v) is 2.00. The molecule has 1 fully saturated rings. The summed E-state index contributed by atoms with van der Waals surface area (Å²) in [4.78, 5) is 23.8. The van der Waals surface area contributed by atoms with E-state index in [0.717, 1.165) is 0 Å². The van der Waals surface area contributed by atoms with Crippen molar-refractivity contribution >= 4 is 24.5 Å². The number of carbonyl (C=O) groups is 2. The summed E-state index contributed by atoms with van der Waals surface area (Å²) in [7, 11) is 0. The van der Waals surface area contributed by atoms with Crippen LogP contribution in [0.4, 0.5) is 0 Å². The molecular formula is C9H15NO3S. The van der Waals surface area contributed by atoms with Crippen LogP contribution in [-0.4, -0.2) is 40.2 Å². The Morgan fingerprint density at radius 3 is 2.79 bits per heavy atom. The van der Waals surface area contributed by atoms with Gasteiger partial charge < -0.3 is 10.0 Å². The number of likely N-dealkylation sites (tertiary alicyclic amines) is 1. The van der Waals surface area contributed by atoms with Crippen LogP contribution < -0.4 is 0 Å². The summed E-state index contributed by atoms with van der Waals surface area (Å²) in [5.41, 5.74) is 0. The zero-order valence-electron chi connectivity index (χ0n) is 8.14. The highest BCUT2D eigenvalue weighted by Gasteiger charge is 2.35. The Morgan fingerprint density at radius 1 is 1.79 bits per heavy atom. The standard InChI is InChI=1S/C9H15NO3S/c1-2-7(9(12)13)10-4-6(5-14)3-8(10)11/h6-7,14H,2-5H2,1H3,(H,12,13)/t6?,7-/m0/s1. The van der Waals surface area contributed by atoms with Crippen LogP contribution in [0.2, 0.25) is 0 Å². The Morgan fingerprint density at radius 2 is 2.43 bits per heavy atom. The molecule has 0 spiro atoms. The van der Waals surface area contributed by atoms with Gasteiger partial charge in [-0.3, -0.25) is 4.79 Å². The largest absolute Gasteiger partial charge is 0.480 e. The molecule has 1 amide bonds. The summed E-state index contributed by atoms with van der Waals surface area (Å²) in [6.07, 6.45) is 0.896. The minimum absolute atomic E-state index is 0.0571. The van der Waals surface area contributed by atoms with Crippen molar-refractivity contribution in [1.29, 1.82) is 0 Å². The smallest absolute Gasteiger partial charge is 0.326 e. The number of hydrogen-bond donors (Lipinski definition) is 2. The highest BCUT2D eigenvalue weighted by molar-refractivity contribution is 7.80. The van der Waals surface area contributed by atoms with Gasteiger partial charge in [0.05, 0.1) is 0 Å². The number of aliphatic carboxylic acids is 1. The second-order valence-electron chi connectivity index (χ2n) is 3.56. The summed E-state index contributed by atoms with van der Waals surface area (Å²) >= 11 is 4.12. The molecule has 5 heteroatoms. The number of carboxylic acid groups (broad SMARTS) is 1. The Kier molecular flexibility index (Phi) is 3.80. The van der Waals surface area contributed by atoms with Crippen LogP contribution in [0.3, 0.4) is 0 Å². The highest BCUT2D eigenvalue weighted by Crippen LogP contribution is 2.22. The lowest BCUT2D eigenvalue weighted by Crippen LogP contribution is -2.41. The van der Waals surface area contributed by atoms with Gasteiger partial charge in [-0.25, -0.2) is 4.79 Å². The van der Waals surface area contributed by atoms with Gasteiger partial charge in [-0.15, -0.1) is 0 Å². The lowest BCUT2D eigenvalue weighted by Gasteiger charge is -2.23. The molecule has 0 aliphatic carbocycles. The maximum absolute atomic E-state index is 11.5. The summed E-state index contributed by atoms with van der Waals surface area (Å²) in [5.74, 6) is -0.128. The summed E-state index contributed by atoms with van der Waals surface area (Å²) in [6.45, 7) is 2.31. The monoisotopic (exact) mass is 217 g/mol. The van der Waals surface area contributed by atoms with Crippen LogP contribution in [0.25, 0.3) is 0 Å². The van der Waals surface area contributed by atoms with Gasteiger partial charge in [-0.1, -0.05) is 6.92 Å². The van der Waals surface area contributed by atoms with E-state index in [9.17, 15) is 9.59 Å². The van der Waals surface area contributed by atoms with E-state index in [1.165, 1.54) is 4.90 Å². The molecule has 1 N–H and O–H groups in total. The predicted octanol–water partition coefficient (Wildman–Crippen LogP) is 0.628. The van der Waals surface area contributed by atoms with Crippen molar-refractivity contribution in [2.75, 3.05) is 12.3 Å². The van der Waals surface area contributed by atoms with E-state index in [4.69, 9.17) is 5.11 Å². The maximum Gasteiger partial charge on any atom is 0.326 e. The zero-order chi connectivity index (χ0) is 10.7. The molecule has 0 aromatic carbocycles. The molecule has 2 atom stereocenters. The van der Waals surface area contributed by atoms with E-state index in [1.807, 2.05) is 0 Å². The first-order valence-corrected chi connectivity index (χ1v) is 5.36. The van der Waals surface area contributed by atoms with Crippen LogP contribution >= 0.6 is 12.6 Å². The van der Waals surface area contributed by atoms with Gasteiger partial charge >= 0.3 is 5.97 Å². The van der Waals surface area contributed by atoms with Gasteiger partial charge in [0.15, 0.2) is 0 Å². The number of nitrogens with zero attached hydrogens (tertiary/aromatic N) is 1. The van der Waals surface area contributed by atoms with E-state index < -0.39 is 12.0 Å². The van der Waals surface area contributed by atoms with Crippen LogP contribution in [0, 0.1) is 5.92 Å². The van der Waals surface area contributed by atoms with Crippen LogP contribution in [0.1, 0.15) is 19.8 Å². The molecule has 0 bridgehead atoms. The lowest BCUT2D eigenvalue weighted by molar-refractivity contribution is -0.148. The Labute approximate surface area is 88.7 Å². The first kappa shape index (κ1) is 11.4. The highest BCUT2D eigenvalue weighted by atomic mass is 32.1. The molecule has 1 heterocycles. The quantitative estimate of drug-likeness (QED) is 0.679. The second-order valence-corrected chi connectivity index (χ2v) is 3.93. The molecule has 4 nitrogen and oxygen atoms in total. The fourth-order valence-electron chi connectivity index (χ4n) is 1.76. The van der Waals surface area contributed by atoms with Gasteiger partial charge in [-0.05, 0) is 18.1 Å². The third kappa shape index (κ3) is 2.20. The topological polar surface area (TPSA) is 57.6 Å². The zero-order valence-corrected chi connectivity index (χ0v) is 9.04. The minimum atomic E-state index is -0.916. The number of carbonyl (C=O) groups excluding carboxylic acids is 1. The lowest BCUT2D eigenvalue weighted by atomic mass is 10.1. The molecular weight excluding hydrogens is 202 g/mol. The molecule has 1 rings (SSSR count). The Bertz CT molecular complexity index is 244. The van der Waals surface area contributed by atoms with E-state index in [1.54, 1.807) is 6.92 Å². The van der Waals surface area contributed by atoms with Gasteiger partial charge in [-0.2, -0.15) is 12.6 Å². The first-order chi connectivity index (χ1) is 6.60. The van der Waals surface area contributed by atoms with Crippen molar-refractivity contribution in [3.63, 3.8) is 0 Å². The van der Waals surface area contributed by atoms with Crippen molar-refractivity contribution in [3.8, 4) is 0 Å². The number of rotatable bonds is 4. The fraction of sp³-hybridized carbons (Fsp3) is 0.778. The molecule has 14 heavy (non-hydrogen) atoms. The molecule has 0 radical (unpaired) electrons. The van der Waals surface area contributed by atoms with E-state index in [-0.39, 0.29) is 11.8 Å². The Hall–Kier alpha value is -0.710. The third-order valence-electron chi connectivity index (χ3n) is 2.54. The van der Waals surface area contributed by atoms with Gasteiger partial charge in [0.1, 0.15) is 6.04 Å². The number of amides is 1. The van der Waals surface area contributed by atoms with Crippen LogP contribution in [0.15, 0.2) is 0 Å². The molecule has 1 saturated heterocycles. The number of carboxylic acids is 1. The van der Waals surface area contributed by atoms with Crippen LogP contribution in [0.5, 0.6) is 0 Å².